The Morgan fingerprint density at radius 2 is 0.942 bits per heavy atom. The van der Waals surface area contributed by atoms with Gasteiger partial charge in [0.1, 0.15) is 64.9 Å². The molecule has 4 heterocycles. The van der Waals surface area contributed by atoms with Crippen LogP contribution in [0.1, 0.15) is 51.1 Å². The molecular formula is C37H16F4N6O2S2Si. The van der Waals surface area contributed by atoms with Gasteiger partial charge in [0.25, 0.3) is 0 Å². The van der Waals surface area contributed by atoms with E-state index in [1.165, 1.54) is 22.7 Å². The highest BCUT2D eigenvalue weighted by Crippen LogP contribution is 2.49. The average Bonchev–Trinajstić information content (AvgIpc) is 3.91. The Kier molecular flexibility index (Phi) is 7.63. The molecule has 2 aromatic carbocycles. The molecule has 2 aromatic heterocycles. The highest BCUT2D eigenvalue weighted by atomic mass is 32.1. The molecule has 8 rings (SSSR count). The molecule has 2 aliphatic heterocycles. The van der Waals surface area contributed by atoms with Crippen molar-refractivity contribution >= 4 is 85.3 Å². The summed E-state index contributed by atoms with van der Waals surface area (Å²) < 4.78 is 57.0. The third-order valence-corrected chi connectivity index (χ3v) is 17.7. The van der Waals surface area contributed by atoms with Gasteiger partial charge in [0.15, 0.2) is 23.3 Å². The van der Waals surface area contributed by atoms with Crippen LogP contribution in [0, 0.1) is 68.6 Å². The van der Waals surface area contributed by atoms with Crippen LogP contribution < -0.4 is 10.4 Å². The van der Waals surface area contributed by atoms with Gasteiger partial charge >= 0.3 is 0 Å². The van der Waals surface area contributed by atoms with Gasteiger partial charge in [-0.2, -0.15) is 21.0 Å². The summed E-state index contributed by atoms with van der Waals surface area (Å²) in [7, 11) is -2.45. The Balaban J connectivity index is 1.28. The minimum absolute atomic E-state index is 0.0919. The number of nitrogens with zero attached hydrogens (tertiary/aromatic N) is 6. The molecular weight excluding hydrogens is 729 g/mol. The van der Waals surface area contributed by atoms with Crippen molar-refractivity contribution in [2.75, 3.05) is 0 Å². The van der Waals surface area contributed by atoms with E-state index in [0.29, 0.717) is 10.0 Å². The van der Waals surface area contributed by atoms with Crippen LogP contribution in [0.25, 0.3) is 20.9 Å². The lowest BCUT2D eigenvalue weighted by atomic mass is 10.0. The molecule has 8 nitrogen and oxygen atoms in total. The molecule has 4 aromatic rings. The standard InChI is InChI=1S/C37H16F4N6O2S2Si/c38-22-6-18-20(8-24(22)40)34(48)32(30(18)16(12-42)13-43)46-28-10-26-36(50-28)37-27(52(26)4-2-1-3-5-52)11-29(51-37)47-33-31(17(14-44)15-45)19-7-23(39)25(41)9-21(19)35(33)49/h6-11H,1-5H2. The van der Waals surface area contributed by atoms with Gasteiger partial charge in [-0.1, -0.05) is 19.3 Å². The van der Waals surface area contributed by atoms with E-state index in [0.717, 1.165) is 75.7 Å². The van der Waals surface area contributed by atoms with Crippen LogP contribution >= 0.6 is 22.7 Å². The van der Waals surface area contributed by atoms with Crippen LogP contribution in [0.4, 0.5) is 27.6 Å². The van der Waals surface area contributed by atoms with E-state index in [1.54, 1.807) is 24.3 Å². The Morgan fingerprint density at radius 3 is 1.31 bits per heavy atom. The molecule has 0 saturated carbocycles. The first-order valence-electron chi connectivity index (χ1n) is 15.7. The maximum absolute atomic E-state index is 14.3. The molecule has 2 aliphatic carbocycles. The quantitative estimate of drug-likeness (QED) is 0.117. The molecule has 0 radical (unpaired) electrons. The van der Waals surface area contributed by atoms with E-state index < -0.39 is 54.1 Å². The topological polar surface area (TPSA) is 154 Å². The third-order valence-electron chi connectivity index (χ3n) is 9.83. The minimum Gasteiger partial charge on any atom is -0.287 e. The number of aliphatic imine (C=N–C) groups is 2. The number of thiophene rings is 2. The molecule has 250 valence electrons. The maximum atomic E-state index is 14.3. The molecule has 0 N–H and O–H groups in total. The number of allylic oxidation sites excluding steroid dienone is 4. The van der Waals surface area contributed by atoms with Crippen molar-refractivity contribution in [1.29, 1.82) is 21.0 Å². The van der Waals surface area contributed by atoms with E-state index >= 15 is 0 Å². The number of benzene rings is 2. The van der Waals surface area contributed by atoms with Gasteiger partial charge in [0.2, 0.25) is 11.6 Å². The zero-order valence-corrected chi connectivity index (χ0v) is 29.0. The van der Waals surface area contributed by atoms with Gasteiger partial charge in [-0.25, -0.2) is 27.5 Å². The molecule has 1 fully saturated rings. The number of halogens is 4. The normalized spacial score (nSPS) is 17.8. The van der Waals surface area contributed by atoms with Gasteiger partial charge in [0.05, 0.1) is 0 Å². The van der Waals surface area contributed by atoms with Crippen LogP contribution in [0.15, 0.2) is 57.5 Å². The van der Waals surface area contributed by atoms with Crippen molar-refractivity contribution in [2.24, 2.45) is 9.98 Å². The lowest BCUT2D eigenvalue weighted by molar-refractivity contribution is 0.106. The fourth-order valence-corrected chi connectivity index (χ4v) is 16.8. The Hall–Kier alpha value is -6.10. The number of rotatable bonds is 2. The summed E-state index contributed by atoms with van der Waals surface area (Å²) in [5, 5.41) is 41.7. The monoisotopic (exact) mass is 744 g/mol. The van der Waals surface area contributed by atoms with E-state index in [9.17, 15) is 48.2 Å². The summed E-state index contributed by atoms with van der Waals surface area (Å²) in [4.78, 5) is 38.0. The van der Waals surface area contributed by atoms with Crippen molar-refractivity contribution in [3.8, 4) is 34.0 Å². The molecule has 1 spiro atoms. The molecule has 52 heavy (non-hydrogen) atoms. The van der Waals surface area contributed by atoms with Gasteiger partial charge in [-0.05, 0) is 58.9 Å². The van der Waals surface area contributed by atoms with E-state index in [-0.39, 0.29) is 44.8 Å². The number of fused-ring (bicyclic) bond motifs is 7. The minimum atomic E-state index is -2.45. The Labute approximate surface area is 300 Å². The first-order chi connectivity index (χ1) is 25.0. The van der Waals surface area contributed by atoms with Crippen LogP contribution in [0.5, 0.6) is 0 Å². The van der Waals surface area contributed by atoms with Crippen LogP contribution in [0.3, 0.4) is 0 Å². The summed E-state index contributed by atoms with van der Waals surface area (Å²) in [6, 6.07) is 15.6. The highest BCUT2D eigenvalue weighted by molar-refractivity contribution is 7.32. The number of ketones is 2. The molecule has 0 unspecified atom stereocenters. The first kappa shape index (κ1) is 33.1. The molecule has 0 atom stereocenters. The summed E-state index contributed by atoms with van der Waals surface area (Å²) >= 11 is 2.54. The molecule has 0 amide bonds. The van der Waals surface area contributed by atoms with Gasteiger partial charge in [-0.15, -0.1) is 22.7 Å². The number of hydrogen-bond acceptors (Lipinski definition) is 10. The number of Topliss-reactive ketones (excluding diaryl/α,β-unsaturated/α-hetero) is 2. The smallest absolute Gasteiger partial charge is 0.212 e. The van der Waals surface area contributed by atoms with Crippen LogP contribution in [-0.4, -0.2) is 31.1 Å². The van der Waals surface area contributed by atoms with Crippen molar-refractivity contribution < 1.29 is 27.2 Å². The zero-order valence-electron chi connectivity index (χ0n) is 26.3. The van der Waals surface area contributed by atoms with Gasteiger partial charge < -0.3 is 0 Å². The fraction of sp³-hybridized carbons (Fsp3) is 0.135. The largest absolute Gasteiger partial charge is 0.287 e. The van der Waals surface area contributed by atoms with Crippen LogP contribution in [-0.2, 0) is 0 Å². The van der Waals surface area contributed by atoms with Gasteiger partial charge in [-0.3, -0.25) is 9.59 Å². The molecule has 15 heteroatoms. The Bertz CT molecular complexity index is 2500. The lowest BCUT2D eigenvalue weighted by Crippen LogP contribution is -2.55. The third kappa shape index (κ3) is 4.64. The Morgan fingerprint density at radius 1 is 0.577 bits per heavy atom. The first-order valence-corrected chi connectivity index (χ1v) is 19.7. The van der Waals surface area contributed by atoms with Crippen molar-refractivity contribution in [3.63, 3.8) is 0 Å². The zero-order chi connectivity index (χ0) is 36.6. The predicted molar refractivity (Wildman–Crippen MR) is 188 cm³/mol. The second-order valence-electron chi connectivity index (χ2n) is 12.4. The predicted octanol–water partition coefficient (Wildman–Crippen LogP) is 7.63. The molecule has 0 bridgehead atoms. The fourth-order valence-electron chi connectivity index (χ4n) is 7.59. The second-order valence-corrected chi connectivity index (χ2v) is 18.8. The summed E-state index contributed by atoms with van der Waals surface area (Å²) in [5.41, 5.74) is -2.42. The number of hydrogen-bond donors (Lipinski definition) is 0. The molecule has 4 aliphatic rings. The lowest BCUT2D eigenvalue weighted by Gasteiger charge is -2.32. The average molecular weight is 745 g/mol. The summed E-state index contributed by atoms with van der Waals surface area (Å²) in [6.07, 6.45) is 2.96. The SMILES string of the molecule is N#CC(C#N)=C1C(=Nc2cc3c(s2)-c2sc(N=C4C(=O)c5cc(F)c(F)cc5C4=C(C#N)C#N)cc2[Si]32CCCCC2)C(=O)c2cc(F)c(F)cc21. The second kappa shape index (κ2) is 12.0. The van der Waals surface area contributed by atoms with Crippen molar-refractivity contribution in [3.05, 3.63) is 93.1 Å². The van der Waals surface area contributed by atoms with Crippen molar-refractivity contribution in [1.82, 2.24) is 0 Å². The van der Waals surface area contributed by atoms with E-state index in [2.05, 4.69) is 9.98 Å². The highest BCUT2D eigenvalue weighted by Gasteiger charge is 2.49. The van der Waals surface area contributed by atoms with Gasteiger partial charge in [0, 0.05) is 43.2 Å². The van der Waals surface area contributed by atoms with Crippen LogP contribution in [0.2, 0.25) is 12.1 Å². The number of carbonyl (C=O) groups excluding carboxylic acids is 2. The number of nitriles is 4. The van der Waals surface area contributed by atoms with E-state index in [4.69, 9.17) is 0 Å². The molecule has 1 saturated heterocycles. The number of carbonyl (C=O) groups is 2. The maximum Gasteiger partial charge on any atom is 0.212 e. The van der Waals surface area contributed by atoms with E-state index in [1.807, 2.05) is 12.1 Å². The van der Waals surface area contributed by atoms with Crippen molar-refractivity contribution in [2.45, 2.75) is 31.4 Å². The summed E-state index contributed by atoms with van der Waals surface area (Å²) in [6.45, 7) is 0. The summed E-state index contributed by atoms with van der Waals surface area (Å²) in [5.74, 6) is -6.50.